The number of carbonyl (C=O) groups excluding carboxylic acids is 2. The molecule has 21 heavy (non-hydrogen) atoms. The highest BCUT2D eigenvalue weighted by molar-refractivity contribution is 6.34. The Labute approximate surface area is 126 Å². The van der Waals surface area contributed by atoms with E-state index in [4.69, 9.17) is 16.7 Å². The van der Waals surface area contributed by atoms with Gasteiger partial charge in [0, 0.05) is 32.7 Å². The Morgan fingerprint density at radius 2 is 2.05 bits per heavy atom. The summed E-state index contributed by atoms with van der Waals surface area (Å²) in [6.07, 6.45) is -0.0328. The van der Waals surface area contributed by atoms with Crippen molar-refractivity contribution in [2.75, 3.05) is 25.5 Å². The zero-order chi connectivity index (χ0) is 15.7. The molecule has 1 fully saturated rings. The van der Waals surface area contributed by atoms with E-state index in [-0.39, 0.29) is 30.3 Å². The predicted octanol–water partition coefficient (Wildman–Crippen LogP) is 1.48. The number of carbonyl (C=O) groups is 3. The van der Waals surface area contributed by atoms with Crippen LogP contribution in [0.2, 0.25) is 5.02 Å². The van der Waals surface area contributed by atoms with Gasteiger partial charge in [-0.25, -0.2) is 0 Å². The molecule has 1 heterocycles. The first-order chi connectivity index (χ1) is 9.81. The average molecular weight is 311 g/mol. The zero-order valence-corrected chi connectivity index (χ0v) is 12.4. The molecule has 1 aliphatic rings. The summed E-state index contributed by atoms with van der Waals surface area (Å²) >= 11 is 6.01. The molecule has 1 atom stereocenters. The maximum Gasteiger partial charge on any atom is 0.308 e. The van der Waals surface area contributed by atoms with Gasteiger partial charge >= 0.3 is 5.97 Å². The van der Waals surface area contributed by atoms with Crippen LogP contribution in [-0.4, -0.2) is 48.4 Å². The maximum absolute atomic E-state index is 12.0. The number of carboxylic acids is 1. The quantitative estimate of drug-likeness (QED) is 0.917. The van der Waals surface area contributed by atoms with E-state index >= 15 is 0 Å². The van der Waals surface area contributed by atoms with Crippen molar-refractivity contribution < 1.29 is 19.5 Å². The van der Waals surface area contributed by atoms with Gasteiger partial charge in [-0.1, -0.05) is 11.6 Å². The molecule has 0 bridgehead atoms. The van der Waals surface area contributed by atoms with E-state index in [0.29, 0.717) is 10.7 Å². The molecule has 6 nitrogen and oxygen atoms in total. The van der Waals surface area contributed by atoms with E-state index in [1.165, 1.54) is 21.9 Å². The molecule has 0 spiro atoms. The number of anilines is 1. The monoisotopic (exact) mass is 310 g/mol. The molecule has 2 rings (SSSR count). The van der Waals surface area contributed by atoms with Crippen LogP contribution >= 0.6 is 11.6 Å². The Kier molecular flexibility index (Phi) is 4.18. The summed E-state index contributed by atoms with van der Waals surface area (Å²) in [6, 6.07) is 4.67. The van der Waals surface area contributed by atoms with E-state index in [1.807, 2.05) is 0 Å². The van der Waals surface area contributed by atoms with Crippen LogP contribution in [-0.2, 0) is 9.59 Å². The minimum Gasteiger partial charge on any atom is -0.481 e. The molecule has 1 N–H and O–H groups in total. The number of benzene rings is 1. The number of aliphatic carboxylic acids is 1. The summed E-state index contributed by atoms with van der Waals surface area (Å²) in [4.78, 5) is 37.7. The lowest BCUT2D eigenvalue weighted by atomic mass is 10.1. The van der Waals surface area contributed by atoms with Gasteiger partial charge in [-0.3, -0.25) is 14.4 Å². The maximum atomic E-state index is 12.0. The second-order valence-corrected chi connectivity index (χ2v) is 5.51. The number of amides is 2. The smallest absolute Gasteiger partial charge is 0.308 e. The first kappa shape index (κ1) is 15.3. The van der Waals surface area contributed by atoms with Crippen LogP contribution in [0.1, 0.15) is 16.8 Å². The fraction of sp³-hybridized carbons (Fsp3) is 0.357. The molecule has 1 aromatic carbocycles. The van der Waals surface area contributed by atoms with Crippen LogP contribution in [0, 0.1) is 5.92 Å². The van der Waals surface area contributed by atoms with Crippen LogP contribution in [0.5, 0.6) is 0 Å². The fourth-order valence-corrected chi connectivity index (χ4v) is 2.41. The van der Waals surface area contributed by atoms with Gasteiger partial charge in [0.2, 0.25) is 5.91 Å². The van der Waals surface area contributed by atoms with Gasteiger partial charge in [-0.05, 0) is 18.2 Å². The van der Waals surface area contributed by atoms with E-state index in [0.717, 1.165) is 0 Å². The Morgan fingerprint density at radius 1 is 1.38 bits per heavy atom. The van der Waals surface area contributed by atoms with Crippen molar-refractivity contribution in [3.05, 3.63) is 28.8 Å². The average Bonchev–Trinajstić information content (AvgIpc) is 2.81. The fourth-order valence-electron chi connectivity index (χ4n) is 2.21. The molecule has 112 valence electrons. The molecule has 0 saturated carbocycles. The summed E-state index contributed by atoms with van der Waals surface area (Å²) in [7, 11) is 3.21. The Hall–Kier alpha value is -2.08. The van der Waals surface area contributed by atoms with Crippen molar-refractivity contribution in [1.29, 1.82) is 0 Å². The van der Waals surface area contributed by atoms with Crippen LogP contribution in [0.25, 0.3) is 0 Å². The van der Waals surface area contributed by atoms with Crippen molar-refractivity contribution in [3.63, 3.8) is 0 Å². The summed E-state index contributed by atoms with van der Waals surface area (Å²) in [5.41, 5.74) is 0.768. The molecule has 0 aromatic heterocycles. The molecular formula is C14H15ClN2O4. The lowest BCUT2D eigenvalue weighted by Crippen LogP contribution is -2.27. The molecule has 1 aromatic rings. The zero-order valence-electron chi connectivity index (χ0n) is 11.7. The number of halogens is 1. The lowest BCUT2D eigenvalue weighted by Gasteiger charge is -2.18. The van der Waals surface area contributed by atoms with Crippen LogP contribution < -0.4 is 4.90 Å². The number of rotatable bonds is 3. The number of carboxylic acid groups (broad SMARTS) is 1. The number of nitrogens with zero attached hydrogens (tertiary/aromatic N) is 2. The normalized spacial score (nSPS) is 18.0. The van der Waals surface area contributed by atoms with E-state index < -0.39 is 11.9 Å². The van der Waals surface area contributed by atoms with E-state index in [2.05, 4.69) is 0 Å². The summed E-state index contributed by atoms with van der Waals surface area (Å²) in [5.74, 6) is -2.26. The largest absolute Gasteiger partial charge is 0.481 e. The summed E-state index contributed by atoms with van der Waals surface area (Å²) < 4.78 is 0. The van der Waals surface area contributed by atoms with Crippen molar-refractivity contribution in [2.24, 2.45) is 5.92 Å². The molecule has 0 radical (unpaired) electrons. The Morgan fingerprint density at radius 3 is 2.57 bits per heavy atom. The molecule has 0 aliphatic carbocycles. The van der Waals surface area contributed by atoms with Gasteiger partial charge in [0.25, 0.3) is 5.91 Å². The molecule has 7 heteroatoms. The van der Waals surface area contributed by atoms with Crippen LogP contribution in [0.3, 0.4) is 0 Å². The van der Waals surface area contributed by atoms with Gasteiger partial charge in [0.05, 0.1) is 16.5 Å². The van der Waals surface area contributed by atoms with E-state index in [9.17, 15) is 14.4 Å². The van der Waals surface area contributed by atoms with Crippen LogP contribution in [0.4, 0.5) is 5.69 Å². The van der Waals surface area contributed by atoms with Crippen LogP contribution in [0.15, 0.2) is 18.2 Å². The second kappa shape index (κ2) is 5.73. The molecule has 1 aliphatic heterocycles. The third-order valence-electron chi connectivity index (χ3n) is 3.37. The molecule has 1 saturated heterocycles. The highest BCUT2D eigenvalue weighted by Gasteiger charge is 2.35. The Balaban J connectivity index is 2.33. The lowest BCUT2D eigenvalue weighted by molar-refractivity contribution is -0.141. The first-order valence-electron chi connectivity index (χ1n) is 6.35. The minimum absolute atomic E-state index is 0.0328. The summed E-state index contributed by atoms with van der Waals surface area (Å²) in [5, 5.41) is 9.29. The van der Waals surface area contributed by atoms with Gasteiger partial charge in [0.1, 0.15) is 0 Å². The predicted molar refractivity (Wildman–Crippen MR) is 77.6 cm³/mol. The minimum atomic E-state index is -0.996. The molecule has 1 unspecified atom stereocenters. The SMILES string of the molecule is CN(C)C(=O)c1cc(N2CC(C(=O)O)CC2=O)ccc1Cl. The second-order valence-electron chi connectivity index (χ2n) is 5.11. The highest BCUT2D eigenvalue weighted by atomic mass is 35.5. The van der Waals surface area contributed by atoms with Gasteiger partial charge in [-0.2, -0.15) is 0 Å². The third kappa shape index (κ3) is 3.00. The summed E-state index contributed by atoms with van der Waals surface area (Å²) in [6.45, 7) is 0.103. The van der Waals surface area contributed by atoms with Crippen molar-refractivity contribution >= 4 is 35.1 Å². The third-order valence-corrected chi connectivity index (χ3v) is 3.70. The van der Waals surface area contributed by atoms with Gasteiger partial charge < -0.3 is 14.9 Å². The van der Waals surface area contributed by atoms with E-state index in [1.54, 1.807) is 20.2 Å². The molecular weight excluding hydrogens is 296 g/mol. The topological polar surface area (TPSA) is 77.9 Å². The standard InChI is InChI=1S/C14H15ClN2O4/c1-16(2)13(19)10-6-9(3-4-11(10)15)17-7-8(14(20)21)5-12(17)18/h3-4,6,8H,5,7H2,1-2H3,(H,20,21). The van der Waals surface area contributed by atoms with Crippen molar-refractivity contribution in [3.8, 4) is 0 Å². The number of hydrogen-bond donors (Lipinski definition) is 1. The highest BCUT2D eigenvalue weighted by Crippen LogP contribution is 2.29. The Bertz CT molecular complexity index is 615. The van der Waals surface area contributed by atoms with Crippen molar-refractivity contribution in [1.82, 2.24) is 4.90 Å². The first-order valence-corrected chi connectivity index (χ1v) is 6.73. The van der Waals surface area contributed by atoms with Crippen molar-refractivity contribution in [2.45, 2.75) is 6.42 Å². The molecule has 2 amide bonds. The van der Waals surface area contributed by atoms with Gasteiger partial charge in [-0.15, -0.1) is 0 Å². The van der Waals surface area contributed by atoms with Gasteiger partial charge in [0.15, 0.2) is 0 Å². The number of hydrogen-bond acceptors (Lipinski definition) is 3.